The van der Waals surface area contributed by atoms with Crippen molar-refractivity contribution in [1.29, 1.82) is 0 Å². The van der Waals surface area contributed by atoms with Gasteiger partial charge >= 0.3 is 11.9 Å². The molecular weight excluding hydrogens is 336 g/mol. The molecule has 2 saturated heterocycles. The van der Waals surface area contributed by atoms with E-state index >= 15 is 0 Å². The Balaban J connectivity index is 1.63. The summed E-state index contributed by atoms with van der Waals surface area (Å²) in [6.07, 6.45) is 11.5. The number of hydrogen-bond donors (Lipinski definition) is 0. The zero-order chi connectivity index (χ0) is 18.6. The van der Waals surface area contributed by atoms with Gasteiger partial charge in [0.05, 0.1) is 13.2 Å². The number of carbonyl (C=O) groups excluding carboxylic acids is 2. The number of hydrogen-bond acceptors (Lipinski definition) is 6. The van der Waals surface area contributed by atoms with Gasteiger partial charge in [0.15, 0.2) is 5.92 Å². The van der Waals surface area contributed by atoms with E-state index in [2.05, 4.69) is 6.92 Å². The van der Waals surface area contributed by atoms with Crippen molar-refractivity contribution in [3.63, 3.8) is 0 Å². The number of unbranched alkanes of at least 4 members (excludes halogenated alkanes) is 8. The van der Waals surface area contributed by atoms with Crippen molar-refractivity contribution in [2.45, 2.75) is 96.6 Å². The Morgan fingerprint density at radius 2 is 1.23 bits per heavy atom. The molecule has 6 heteroatoms. The Kier molecular flexibility index (Phi) is 10.00. The smallest absolute Gasteiger partial charge is 0.322 e. The van der Waals surface area contributed by atoms with Crippen molar-refractivity contribution in [2.75, 3.05) is 13.2 Å². The molecule has 2 atom stereocenters. The lowest BCUT2D eigenvalue weighted by Crippen LogP contribution is -2.39. The Morgan fingerprint density at radius 3 is 1.62 bits per heavy atom. The Labute approximate surface area is 156 Å². The molecule has 0 spiro atoms. The second-order valence-corrected chi connectivity index (χ2v) is 7.22. The second-order valence-electron chi connectivity index (χ2n) is 7.22. The number of carbonyl (C=O) groups is 2. The Morgan fingerprint density at radius 1 is 0.808 bits per heavy atom. The molecule has 2 rings (SSSR count). The van der Waals surface area contributed by atoms with Crippen molar-refractivity contribution in [2.24, 2.45) is 5.92 Å². The first-order valence-corrected chi connectivity index (χ1v) is 10.3. The summed E-state index contributed by atoms with van der Waals surface area (Å²) >= 11 is 0. The average Bonchev–Trinajstić information content (AvgIpc) is 2.56. The number of esters is 2. The Bertz CT molecular complexity index is 389. The molecule has 26 heavy (non-hydrogen) atoms. The molecule has 0 aliphatic carbocycles. The van der Waals surface area contributed by atoms with E-state index in [-0.39, 0.29) is 0 Å². The molecule has 0 N–H and O–H groups in total. The van der Waals surface area contributed by atoms with E-state index in [1.54, 1.807) is 0 Å². The standard InChI is InChI=1S/C20H34O6/c1-2-3-4-5-6-7-8-9-10-11-16(19(21)25-17-12-14-23-17)20(22)26-18-13-15-24-18/h16-18H,2-15H2,1H3. The molecule has 150 valence electrons. The zero-order valence-electron chi connectivity index (χ0n) is 16.1. The van der Waals surface area contributed by atoms with Crippen molar-refractivity contribution in [3.8, 4) is 0 Å². The predicted octanol–water partition coefficient (Wildman–Crippen LogP) is 4.10. The summed E-state index contributed by atoms with van der Waals surface area (Å²) in [5.74, 6) is -1.93. The molecule has 0 aromatic carbocycles. The lowest BCUT2D eigenvalue weighted by molar-refractivity contribution is -0.230. The van der Waals surface area contributed by atoms with E-state index in [1.165, 1.54) is 38.5 Å². The summed E-state index contributed by atoms with van der Waals surface area (Å²) < 4.78 is 20.7. The second kappa shape index (κ2) is 12.3. The maximum Gasteiger partial charge on any atom is 0.322 e. The molecular formula is C20H34O6. The molecule has 6 nitrogen and oxygen atoms in total. The van der Waals surface area contributed by atoms with Crippen LogP contribution in [0.2, 0.25) is 0 Å². The van der Waals surface area contributed by atoms with Crippen LogP contribution in [0, 0.1) is 5.92 Å². The molecule has 2 unspecified atom stereocenters. The molecule has 0 amide bonds. The minimum atomic E-state index is -0.868. The highest BCUT2D eigenvalue weighted by atomic mass is 16.7. The van der Waals surface area contributed by atoms with Crippen LogP contribution < -0.4 is 0 Å². The minimum Gasteiger partial charge on any atom is -0.435 e. The molecule has 0 bridgehead atoms. The normalized spacial score (nSPS) is 22.8. The fraction of sp³-hybridized carbons (Fsp3) is 0.900. The van der Waals surface area contributed by atoms with Gasteiger partial charge in [-0.05, 0) is 6.42 Å². The van der Waals surface area contributed by atoms with Gasteiger partial charge in [0.2, 0.25) is 12.6 Å². The van der Waals surface area contributed by atoms with Gasteiger partial charge in [0.1, 0.15) is 0 Å². The van der Waals surface area contributed by atoms with Crippen LogP contribution in [-0.4, -0.2) is 37.7 Å². The van der Waals surface area contributed by atoms with Gasteiger partial charge in [-0.15, -0.1) is 0 Å². The molecule has 2 fully saturated rings. The maximum absolute atomic E-state index is 12.3. The first-order valence-electron chi connectivity index (χ1n) is 10.3. The summed E-state index contributed by atoms with van der Waals surface area (Å²) in [6.45, 7) is 3.42. The zero-order valence-corrected chi connectivity index (χ0v) is 16.1. The van der Waals surface area contributed by atoms with Crippen molar-refractivity contribution in [3.05, 3.63) is 0 Å². The highest BCUT2D eigenvalue weighted by Crippen LogP contribution is 2.22. The summed E-state index contributed by atoms with van der Waals surface area (Å²) in [5, 5.41) is 0. The molecule has 0 saturated carbocycles. The first-order chi connectivity index (χ1) is 12.7. The van der Waals surface area contributed by atoms with E-state index in [9.17, 15) is 9.59 Å². The van der Waals surface area contributed by atoms with Gasteiger partial charge in [-0.1, -0.05) is 64.7 Å². The summed E-state index contributed by atoms with van der Waals surface area (Å²) in [6, 6.07) is 0. The van der Waals surface area contributed by atoms with Gasteiger partial charge in [0, 0.05) is 12.8 Å². The van der Waals surface area contributed by atoms with E-state index in [0.29, 0.717) is 32.5 Å². The first kappa shape index (κ1) is 21.2. The van der Waals surface area contributed by atoms with E-state index in [4.69, 9.17) is 18.9 Å². The van der Waals surface area contributed by atoms with Crippen molar-refractivity contribution < 1.29 is 28.5 Å². The van der Waals surface area contributed by atoms with Crippen molar-refractivity contribution >= 4 is 11.9 Å². The van der Waals surface area contributed by atoms with Crippen molar-refractivity contribution in [1.82, 2.24) is 0 Å². The third-order valence-electron chi connectivity index (χ3n) is 4.98. The highest BCUT2D eigenvalue weighted by molar-refractivity contribution is 5.95. The van der Waals surface area contributed by atoms with Crippen LogP contribution in [0.4, 0.5) is 0 Å². The molecule has 0 aromatic heterocycles. The van der Waals surface area contributed by atoms with Crippen LogP contribution in [0.5, 0.6) is 0 Å². The van der Waals surface area contributed by atoms with Gasteiger partial charge < -0.3 is 18.9 Å². The van der Waals surface area contributed by atoms with E-state index in [1.807, 2.05) is 0 Å². The quantitative estimate of drug-likeness (QED) is 0.260. The molecule has 2 aliphatic heterocycles. The fourth-order valence-corrected chi connectivity index (χ4v) is 3.03. The molecule has 0 radical (unpaired) electrons. The van der Waals surface area contributed by atoms with Crippen LogP contribution in [0.15, 0.2) is 0 Å². The summed E-state index contributed by atoms with van der Waals surface area (Å²) in [4.78, 5) is 24.6. The van der Waals surface area contributed by atoms with Crippen LogP contribution in [0.1, 0.15) is 84.0 Å². The molecule has 0 aromatic rings. The summed E-state index contributed by atoms with van der Waals surface area (Å²) in [7, 11) is 0. The van der Waals surface area contributed by atoms with Crippen LogP contribution in [-0.2, 0) is 28.5 Å². The molecule has 2 heterocycles. The maximum atomic E-state index is 12.3. The van der Waals surface area contributed by atoms with Gasteiger partial charge in [-0.2, -0.15) is 0 Å². The third kappa shape index (κ3) is 7.62. The predicted molar refractivity (Wildman–Crippen MR) is 96.2 cm³/mol. The summed E-state index contributed by atoms with van der Waals surface area (Å²) in [5.41, 5.74) is 0. The van der Waals surface area contributed by atoms with Crippen LogP contribution in [0.3, 0.4) is 0 Å². The fourth-order valence-electron chi connectivity index (χ4n) is 3.03. The largest absolute Gasteiger partial charge is 0.435 e. The van der Waals surface area contributed by atoms with Gasteiger partial charge in [0.25, 0.3) is 0 Å². The third-order valence-corrected chi connectivity index (χ3v) is 4.98. The van der Waals surface area contributed by atoms with Crippen LogP contribution >= 0.6 is 0 Å². The molecule has 2 aliphatic rings. The average molecular weight is 370 g/mol. The van der Waals surface area contributed by atoms with Crippen LogP contribution in [0.25, 0.3) is 0 Å². The highest BCUT2D eigenvalue weighted by Gasteiger charge is 2.35. The van der Waals surface area contributed by atoms with E-state index in [0.717, 1.165) is 19.3 Å². The number of rotatable bonds is 14. The minimum absolute atomic E-state index is 0.465. The lowest BCUT2D eigenvalue weighted by Gasteiger charge is -2.29. The Hall–Kier alpha value is -1.14. The SMILES string of the molecule is CCCCCCCCCCCC(C(=O)OC1CCO1)C(=O)OC1CCO1. The number of ether oxygens (including phenoxy) is 4. The van der Waals surface area contributed by atoms with Gasteiger partial charge in [-0.3, -0.25) is 9.59 Å². The van der Waals surface area contributed by atoms with Gasteiger partial charge in [-0.25, -0.2) is 0 Å². The monoisotopic (exact) mass is 370 g/mol. The lowest BCUT2D eigenvalue weighted by atomic mass is 9.99. The topological polar surface area (TPSA) is 71.1 Å². The van der Waals surface area contributed by atoms with E-state index < -0.39 is 30.4 Å².